The van der Waals surface area contributed by atoms with Gasteiger partial charge in [-0.2, -0.15) is 0 Å². The van der Waals surface area contributed by atoms with Crippen LogP contribution in [-0.4, -0.2) is 98.6 Å². The highest BCUT2D eigenvalue weighted by molar-refractivity contribution is 5.78. The summed E-state index contributed by atoms with van der Waals surface area (Å²) in [7, 11) is 0. The second kappa shape index (κ2) is 11.9. The van der Waals surface area contributed by atoms with Gasteiger partial charge in [0, 0.05) is 51.9 Å². The van der Waals surface area contributed by atoms with Crippen molar-refractivity contribution in [3.05, 3.63) is 0 Å². The van der Waals surface area contributed by atoms with Crippen LogP contribution < -0.4 is 10.6 Å². The lowest BCUT2D eigenvalue weighted by Gasteiger charge is -2.38. The number of piperidine rings is 1. The fraction of sp³-hybridized carbons (Fsp3) is 0.950. The highest BCUT2D eigenvalue weighted by atomic mass is 16.2. The zero-order chi connectivity index (χ0) is 18.8. The summed E-state index contributed by atoms with van der Waals surface area (Å²) in [6.45, 7) is 18.0. The lowest BCUT2D eigenvalue weighted by atomic mass is 9.96. The van der Waals surface area contributed by atoms with Crippen LogP contribution in [0, 0.1) is 5.92 Å². The second-order valence-corrected chi connectivity index (χ2v) is 8.32. The molecule has 0 aromatic heterocycles. The molecule has 0 bridgehead atoms. The van der Waals surface area contributed by atoms with Crippen LogP contribution >= 0.6 is 0 Å². The van der Waals surface area contributed by atoms with Gasteiger partial charge in [-0.25, -0.2) is 0 Å². The number of nitrogens with one attached hydrogen (secondary N) is 2. The third-order valence-corrected chi connectivity index (χ3v) is 5.60. The first-order valence-corrected chi connectivity index (χ1v) is 10.7. The van der Waals surface area contributed by atoms with E-state index in [1.54, 1.807) is 0 Å². The van der Waals surface area contributed by atoms with E-state index in [4.69, 9.17) is 0 Å². The number of amides is 1. The van der Waals surface area contributed by atoms with Gasteiger partial charge in [0.05, 0.1) is 6.54 Å². The summed E-state index contributed by atoms with van der Waals surface area (Å²) >= 11 is 0. The molecular weight excluding hydrogens is 326 g/mol. The first-order chi connectivity index (χ1) is 12.6. The average molecular weight is 368 g/mol. The highest BCUT2D eigenvalue weighted by Crippen LogP contribution is 2.19. The van der Waals surface area contributed by atoms with Gasteiger partial charge in [-0.15, -0.1) is 0 Å². The van der Waals surface area contributed by atoms with Crippen LogP contribution in [0.15, 0.2) is 0 Å². The Hall–Kier alpha value is -0.690. The average Bonchev–Trinajstić information content (AvgIpc) is 2.62. The quantitative estimate of drug-likeness (QED) is 0.561. The van der Waals surface area contributed by atoms with Crippen molar-refractivity contribution >= 4 is 5.91 Å². The summed E-state index contributed by atoms with van der Waals surface area (Å²) in [5, 5.41) is 6.34. The number of piperazine rings is 1. The molecule has 0 aromatic rings. The number of hydrogen-bond donors (Lipinski definition) is 2. The minimum atomic E-state index is 0.160. The summed E-state index contributed by atoms with van der Waals surface area (Å²) in [6, 6.07) is 0.471. The van der Waals surface area contributed by atoms with E-state index in [1.165, 1.54) is 45.4 Å². The van der Waals surface area contributed by atoms with Gasteiger partial charge >= 0.3 is 0 Å². The molecule has 0 spiro atoms. The van der Waals surface area contributed by atoms with Gasteiger partial charge < -0.3 is 20.4 Å². The molecule has 2 heterocycles. The minimum Gasteiger partial charge on any atom is -0.354 e. The monoisotopic (exact) mass is 367 g/mol. The van der Waals surface area contributed by atoms with Gasteiger partial charge in [0.25, 0.3) is 0 Å². The molecule has 2 saturated heterocycles. The SMILES string of the molecule is CCCN1CCC(CN2CCN(CC(=O)NCCNC(C)C)CC2)CC1. The van der Waals surface area contributed by atoms with E-state index in [-0.39, 0.29) is 5.91 Å². The second-order valence-electron chi connectivity index (χ2n) is 8.32. The van der Waals surface area contributed by atoms with E-state index in [0.717, 1.165) is 38.6 Å². The third-order valence-electron chi connectivity index (χ3n) is 5.60. The van der Waals surface area contributed by atoms with Gasteiger partial charge in [-0.3, -0.25) is 9.69 Å². The normalized spacial score (nSPS) is 21.4. The minimum absolute atomic E-state index is 0.160. The number of likely N-dealkylation sites (tertiary alicyclic amines) is 1. The summed E-state index contributed by atoms with van der Waals surface area (Å²) in [5.74, 6) is 1.03. The van der Waals surface area contributed by atoms with E-state index in [0.29, 0.717) is 19.1 Å². The molecule has 2 N–H and O–H groups in total. The van der Waals surface area contributed by atoms with Crippen molar-refractivity contribution < 1.29 is 4.79 Å². The largest absolute Gasteiger partial charge is 0.354 e. The zero-order valence-electron chi connectivity index (χ0n) is 17.3. The van der Waals surface area contributed by atoms with Crippen LogP contribution in [-0.2, 0) is 4.79 Å². The Morgan fingerprint density at radius 3 is 2.23 bits per heavy atom. The van der Waals surface area contributed by atoms with Gasteiger partial charge in [0.1, 0.15) is 0 Å². The van der Waals surface area contributed by atoms with E-state index < -0.39 is 0 Å². The zero-order valence-corrected chi connectivity index (χ0v) is 17.3. The predicted molar refractivity (Wildman–Crippen MR) is 108 cm³/mol. The highest BCUT2D eigenvalue weighted by Gasteiger charge is 2.24. The molecule has 0 aromatic carbocycles. The number of nitrogens with zero attached hydrogens (tertiary/aromatic N) is 3. The van der Waals surface area contributed by atoms with Crippen LogP contribution in [0.5, 0.6) is 0 Å². The fourth-order valence-corrected chi connectivity index (χ4v) is 4.03. The molecule has 0 atom stereocenters. The van der Waals surface area contributed by atoms with Gasteiger partial charge in [0.15, 0.2) is 0 Å². The van der Waals surface area contributed by atoms with Crippen molar-refractivity contribution in [3.8, 4) is 0 Å². The molecule has 6 nitrogen and oxygen atoms in total. The van der Waals surface area contributed by atoms with Gasteiger partial charge in [-0.1, -0.05) is 20.8 Å². The molecule has 26 heavy (non-hydrogen) atoms. The van der Waals surface area contributed by atoms with E-state index in [2.05, 4.69) is 46.1 Å². The molecule has 2 rings (SSSR count). The molecule has 6 heteroatoms. The Morgan fingerprint density at radius 2 is 1.62 bits per heavy atom. The van der Waals surface area contributed by atoms with Crippen LogP contribution in [0.3, 0.4) is 0 Å². The van der Waals surface area contributed by atoms with E-state index in [9.17, 15) is 4.79 Å². The topological polar surface area (TPSA) is 50.9 Å². The smallest absolute Gasteiger partial charge is 0.234 e. The number of hydrogen-bond acceptors (Lipinski definition) is 5. The molecule has 2 aliphatic rings. The lowest BCUT2D eigenvalue weighted by molar-refractivity contribution is -0.122. The third kappa shape index (κ3) is 8.33. The molecule has 152 valence electrons. The van der Waals surface area contributed by atoms with Crippen molar-refractivity contribution in [2.24, 2.45) is 5.92 Å². The summed E-state index contributed by atoms with van der Waals surface area (Å²) in [4.78, 5) is 19.6. The van der Waals surface area contributed by atoms with Crippen molar-refractivity contribution in [3.63, 3.8) is 0 Å². The number of rotatable bonds is 10. The fourth-order valence-electron chi connectivity index (χ4n) is 4.03. The molecule has 0 unspecified atom stereocenters. The van der Waals surface area contributed by atoms with Crippen molar-refractivity contribution in [1.29, 1.82) is 0 Å². The van der Waals surface area contributed by atoms with E-state index >= 15 is 0 Å². The van der Waals surface area contributed by atoms with E-state index in [1.807, 2.05) is 0 Å². The molecule has 0 radical (unpaired) electrons. The predicted octanol–water partition coefficient (Wildman–Crippen LogP) is 0.840. The maximum absolute atomic E-state index is 12.0. The van der Waals surface area contributed by atoms with Gasteiger partial charge in [0.2, 0.25) is 5.91 Å². The number of carbonyl (C=O) groups is 1. The van der Waals surface area contributed by atoms with Crippen molar-refractivity contribution in [1.82, 2.24) is 25.3 Å². The Morgan fingerprint density at radius 1 is 0.962 bits per heavy atom. The van der Waals surface area contributed by atoms with Crippen LogP contribution in [0.4, 0.5) is 0 Å². The molecule has 2 fully saturated rings. The molecular formula is C20H41N5O. The standard InChI is InChI=1S/C20H41N5O/c1-4-9-23-10-5-19(6-11-23)16-24-12-14-25(15-13-24)17-20(26)22-8-7-21-18(2)3/h18-19,21H,4-17H2,1-3H3,(H,22,26). The summed E-state index contributed by atoms with van der Waals surface area (Å²) < 4.78 is 0. The van der Waals surface area contributed by atoms with Crippen molar-refractivity contribution in [2.45, 2.75) is 46.1 Å². The van der Waals surface area contributed by atoms with Gasteiger partial charge in [-0.05, 0) is 44.8 Å². The molecule has 0 saturated carbocycles. The Balaban J connectivity index is 1.54. The summed E-state index contributed by atoms with van der Waals surface area (Å²) in [5.41, 5.74) is 0. The Bertz CT molecular complexity index is 388. The van der Waals surface area contributed by atoms with Crippen LogP contribution in [0.2, 0.25) is 0 Å². The summed E-state index contributed by atoms with van der Waals surface area (Å²) in [6.07, 6.45) is 3.98. The maximum Gasteiger partial charge on any atom is 0.234 e. The maximum atomic E-state index is 12.0. The Labute approximate surface area is 160 Å². The molecule has 2 aliphatic heterocycles. The molecule has 0 aliphatic carbocycles. The lowest BCUT2D eigenvalue weighted by Crippen LogP contribution is -2.51. The van der Waals surface area contributed by atoms with Crippen molar-refractivity contribution in [2.75, 3.05) is 72.0 Å². The first kappa shape index (κ1) is 21.6. The van der Waals surface area contributed by atoms with Crippen LogP contribution in [0.1, 0.15) is 40.0 Å². The first-order valence-electron chi connectivity index (χ1n) is 10.7. The number of carbonyl (C=O) groups excluding carboxylic acids is 1. The Kier molecular flexibility index (Phi) is 9.89. The molecule has 1 amide bonds. The van der Waals surface area contributed by atoms with Crippen LogP contribution in [0.25, 0.3) is 0 Å².